The molecule has 30 heavy (non-hydrogen) atoms. The van der Waals surface area contributed by atoms with Crippen molar-refractivity contribution in [2.45, 2.75) is 53.0 Å². The highest BCUT2D eigenvalue weighted by atomic mass is 127. The van der Waals surface area contributed by atoms with Crippen LogP contribution in [0.3, 0.4) is 0 Å². The van der Waals surface area contributed by atoms with Gasteiger partial charge in [0.15, 0.2) is 5.96 Å². The van der Waals surface area contributed by atoms with E-state index in [0.717, 1.165) is 51.4 Å². The number of carbonyl (C=O) groups excluding carboxylic acids is 1. The molecule has 1 aromatic carbocycles. The first-order valence-electron chi connectivity index (χ1n) is 10.8. The number of aromatic hydroxyl groups is 1. The fourth-order valence-electron chi connectivity index (χ4n) is 3.01. The average Bonchev–Trinajstić information content (AvgIpc) is 2.71. The van der Waals surface area contributed by atoms with Crippen LogP contribution in [0.5, 0.6) is 5.75 Å². The van der Waals surface area contributed by atoms with Gasteiger partial charge in [-0.1, -0.05) is 19.9 Å². The molecule has 0 bridgehead atoms. The van der Waals surface area contributed by atoms with E-state index < -0.39 is 0 Å². The minimum absolute atomic E-state index is 0. The number of carbonyl (C=O) groups is 1. The van der Waals surface area contributed by atoms with Gasteiger partial charge >= 0.3 is 0 Å². The fraction of sp³-hybridized carbons (Fsp3) is 0.636. The maximum absolute atomic E-state index is 12.0. The first-order chi connectivity index (χ1) is 14.0. The van der Waals surface area contributed by atoms with Gasteiger partial charge in [-0.05, 0) is 70.9 Å². The summed E-state index contributed by atoms with van der Waals surface area (Å²) in [7, 11) is 0. The van der Waals surface area contributed by atoms with Crippen molar-refractivity contribution in [2.24, 2.45) is 4.99 Å². The Morgan fingerprint density at radius 2 is 1.90 bits per heavy atom. The third-order valence-corrected chi connectivity index (χ3v) is 4.73. The van der Waals surface area contributed by atoms with Crippen LogP contribution < -0.4 is 16.0 Å². The molecule has 4 N–H and O–H groups in total. The van der Waals surface area contributed by atoms with E-state index in [1.165, 1.54) is 6.07 Å². The van der Waals surface area contributed by atoms with Gasteiger partial charge in [0.2, 0.25) is 0 Å². The van der Waals surface area contributed by atoms with E-state index >= 15 is 0 Å². The van der Waals surface area contributed by atoms with Crippen LogP contribution >= 0.6 is 24.0 Å². The Morgan fingerprint density at radius 1 is 1.17 bits per heavy atom. The van der Waals surface area contributed by atoms with Crippen LogP contribution in [0.15, 0.2) is 29.3 Å². The Kier molecular flexibility index (Phi) is 16.3. The second kappa shape index (κ2) is 17.2. The van der Waals surface area contributed by atoms with Crippen molar-refractivity contribution < 1.29 is 9.90 Å². The Morgan fingerprint density at radius 3 is 2.53 bits per heavy atom. The Balaban J connectivity index is 0.00000841. The Hall–Kier alpha value is -1.55. The largest absolute Gasteiger partial charge is 0.508 e. The molecule has 1 unspecified atom stereocenters. The lowest BCUT2D eigenvalue weighted by molar-refractivity contribution is 0.0953. The number of nitrogens with one attached hydrogen (secondary N) is 3. The molecule has 0 saturated heterocycles. The zero-order chi connectivity index (χ0) is 21.5. The number of nitrogens with zero attached hydrogens (tertiary/aromatic N) is 2. The smallest absolute Gasteiger partial charge is 0.251 e. The van der Waals surface area contributed by atoms with Gasteiger partial charge in [-0.3, -0.25) is 9.79 Å². The predicted molar refractivity (Wildman–Crippen MR) is 136 cm³/mol. The fourth-order valence-corrected chi connectivity index (χ4v) is 3.01. The van der Waals surface area contributed by atoms with Crippen molar-refractivity contribution in [1.82, 2.24) is 20.9 Å². The topological polar surface area (TPSA) is 89.0 Å². The van der Waals surface area contributed by atoms with Crippen molar-refractivity contribution >= 4 is 35.8 Å². The summed E-state index contributed by atoms with van der Waals surface area (Å²) in [5.41, 5.74) is 0.460. The van der Waals surface area contributed by atoms with Crippen molar-refractivity contribution in [2.75, 3.05) is 39.3 Å². The van der Waals surface area contributed by atoms with Crippen LogP contribution in [0.4, 0.5) is 0 Å². The first kappa shape index (κ1) is 28.5. The monoisotopic (exact) mass is 533 g/mol. The lowest BCUT2D eigenvalue weighted by Gasteiger charge is -2.21. The number of halogens is 1. The number of phenolic OH excluding ortho intramolecular Hbond substituents is 1. The molecule has 0 spiro atoms. The quantitative estimate of drug-likeness (QED) is 0.135. The van der Waals surface area contributed by atoms with Gasteiger partial charge in [-0.15, -0.1) is 24.0 Å². The molecular weight excluding hydrogens is 493 g/mol. The zero-order valence-corrected chi connectivity index (χ0v) is 21.2. The summed E-state index contributed by atoms with van der Waals surface area (Å²) in [6.07, 6.45) is 3.01. The summed E-state index contributed by atoms with van der Waals surface area (Å²) in [6.45, 7) is 14.0. The molecule has 1 rings (SSSR count). The van der Waals surface area contributed by atoms with Gasteiger partial charge in [0, 0.05) is 31.2 Å². The number of hydrogen-bond acceptors (Lipinski definition) is 4. The molecule has 0 heterocycles. The number of aliphatic imine (C=N–C) groups is 1. The number of amides is 1. The van der Waals surface area contributed by atoms with Gasteiger partial charge in [0.1, 0.15) is 5.75 Å². The molecule has 0 radical (unpaired) electrons. The van der Waals surface area contributed by atoms with Crippen molar-refractivity contribution in [1.29, 1.82) is 0 Å². The Bertz CT molecular complexity index is 623. The normalized spacial score (nSPS) is 12.2. The summed E-state index contributed by atoms with van der Waals surface area (Å²) in [6, 6.07) is 6.70. The zero-order valence-electron chi connectivity index (χ0n) is 18.9. The predicted octanol–water partition coefficient (Wildman–Crippen LogP) is 3.20. The van der Waals surface area contributed by atoms with E-state index in [0.29, 0.717) is 24.7 Å². The second-order valence-corrected chi connectivity index (χ2v) is 7.13. The van der Waals surface area contributed by atoms with Gasteiger partial charge in [-0.25, -0.2) is 0 Å². The highest BCUT2D eigenvalue weighted by Crippen LogP contribution is 2.10. The van der Waals surface area contributed by atoms with Crippen LogP contribution in [0.2, 0.25) is 0 Å². The van der Waals surface area contributed by atoms with E-state index in [1.807, 2.05) is 0 Å². The van der Waals surface area contributed by atoms with Crippen molar-refractivity contribution in [3.05, 3.63) is 29.8 Å². The molecule has 0 aliphatic carbocycles. The van der Waals surface area contributed by atoms with Crippen LogP contribution in [0, 0.1) is 0 Å². The number of rotatable bonds is 13. The van der Waals surface area contributed by atoms with Crippen LogP contribution in [-0.4, -0.2) is 67.2 Å². The van der Waals surface area contributed by atoms with E-state index in [9.17, 15) is 9.90 Å². The minimum atomic E-state index is -0.184. The number of phenols is 1. The summed E-state index contributed by atoms with van der Waals surface area (Å²) in [5, 5.41) is 19.0. The van der Waals surface area contributed by atoms with Gasteiger partial charge in [-0.2, -0.15) is 0 Å². The molecule has 0 aliphatic rings. The molecule has 0 saturated carbocycles. The number of guanidine groups is 1. The minimum Gasteiger partial charge on any atom is -0.508 e. The molecule has 0 aromatic heterocycles. The highest BCUT2D eigenvalue weighted by molar-refractivity contribution is 14.0. The van der Waals surface area contributed by atoms with E-state index in [4.69, 9.17) is 0 Å². The maximum atomic E-state index is 12.0. The molecular formula is C22H40IN5O2. The molecule has 7 nitrogen and oxygen atoms in total. The van der Waals surface area contributed by atoms with Crippen molar-refractivity contribution in [3.8, 4) is 5.75 Å². The van der Waals surface area contributed by atoms with E-state index in [-0.39, 0.29) is 35.6 Å². The average molecular weight is 533 g/mol. The molecule has 172 valence electrons. The standard InChI is InChI=1S/C22H39N5O2.HI/c1-5-23-22(26-18(4)11-9-16-27(6-2)7-3)25-15-10-14-24-21(29)19-12-8-13-20(28)17-19;/h8,12-13,17-18,28H,5-7,9-11,14-16H2,1-4H3,(H,24,29)(H2,23,25,26);1H. The lowest BCUT2D eigenvalue weighted by atomic mass is 10.2. The van der Waals surface area contributed by atoms with Crippen LogP contribution in [-0.2, 0) is 0 Å². The van der Waals surface area contributed by atoms with Gasteiger partial charge < -0.3 is 26.0 Å². The first-order valence-corrected chi connectivity index (χ1v) is 10.8. The Labute approximate surface area is 199 Å². The summed E-state index contributed by atoms with van der Waals surface area (Å²) >= 11 is 0. The van der Waals surface area contributed by atoms with E-state index in [1.54, 1.807) is 18.2 Å². The van der Waals surface area contributed by atoms with Crippen molar-refractivity contribution in [3.63, 3.8) is 0 Å². The van der Waals surface area contributed by atoms with Crippen LogP contribution in [0.1, 0.15) is 57.3 Å². The SMILES string of the molecule is CCNC(=NCCCNC(=O)c1cccc(O)c1)NC(C)CCCN(CC)CC.I. The van der Waals surface area contributed by atoms with E-state index in [2.05, 4.69) is 53.5 Å². The van der Waals surface area contributed by atoms with Crippen LogP contribution in [0.25, 0.3) is 0 Å². The lowest BCUT2D eigenvalue weighted by Crippen LogP contribution is -2.42. The summed E-state index contributed by atoms with van der Waals surface area (Å²) in [5.74, 6) is 0.730. The molecule has 1 amide bonds. The van der Waals surface area contributed by atoms with Gasteiger partial charge in [0.05, 0.1) is 0 Å². The summed E-state index contributed by atoms with van der Waals surface area (Å²) in [4.78, 5) is 19.1. The molecule has 1 aromatic rings. The third kappa shape index (κ3) is 12.2. The molecule has 8 heteroatoms. The number of benzene rings is 1. The van der Waals surface area contributed by atoms with Gasteiger partial charge in [0.25, 0.3) is 5.91 Å². The molecule has 0 aliphatic heterocycles. The maximum Gasteiger partial charge on any atom is 0.251 e. The number of hydrogen-bond donors (Lipinski definition) is 4. The summed E-state index contributed by atoms with van der Waals surface area (Å²) < 4.78 is 0. The molecule has 1 atom stereocenters. The third-order valence-electron chi connectivity index (χ3n) is 4.73. The second-order valence-electron chi connectivity index (χ2n) is 7.13. The molecule has 0 fully saturated rings. The highest BCUT2D eigenvalue weighted by Gasteiger charge is 2.07.